The van der Waals surface area contributed by atoms with Gasteiger partial charge in [-0.2, -0.15) is 0 Å². The van der Waals surface area contributed by atoms with Crippen molar-refractivity contribution in [2.24, 2.45) is 11.8 Å². The van der Waals surface area contributed by atoms with E-state index >= 15 is 0 Å². The zero-order valence-corrected chi connectivity index (χ0v) is 11.3. The molecule has 3 atom stereocenters. The summed E-state index contributed by atoms with van der Waals surface area (Å²) >= 11 is 0. The molecular formula is C15H15F2NO3. The van der Waals surface area contributed by atoms with E-state index in [0.29, 0.717) is 6.54 Å². The Balaban J connectivity index is 1.93. The van der Waals surface area contributed by atoms with E-state index in [1.54, 1.807) is 0 Å². The third-order valence-electron chi connectivity index (χ3n) is 4.56. The van der Waals surface area contributed by atoms with Gasteiger partial charge in [0.25, 0.3) is 5.91 Å². The van der Waals surface area contributed by atoms with E-state index in [0.717, 1.165) is 37.5 Å². The minimum Gasteiger partial charge on any atom is -0.480 e. The summed E-state index contributed by atoms with van der Waals surface area (Å²) in [5.41, 5.74) is -0.402. The Morgan fingerprint density at radius 2 is 2.00 bits per heavy atom. The second kappa shape index (κ2) is 5.09. The van der Waals surface area contributed by atoms with Crippen LogP contribution in [0.2, 0.25) is 0 Å². The summed E-state index contributed by atoms with van der Waals surface area (Å²) in [5, 5.41) is 9.39. The van der Waals surface area contributed by atoms with E-state index in [9.17, 15) is 23.5 Å². The number of aliphatic carboxylic acids is 1. The SMILES string of the molecule is O=C(O)C1C2CCCC2CN1C(=O)c1cc(F)ccc1F. The highest BCUT2D eigenvalue weighted by molar-refractivity contribution is 5.97. The average molecular weight is 295 g/mol. The van der Waals surface area contributed by atoms with Crippen LogP contribution < -0.4 is 0 Å². The minimum atomic E-state index is -1.07. The average Bonchev–Trinajstić information content (AvgIpc) is 3.00. The van der Waals surface area contributed by atoms with Gasteiger partial charge in [-0.05, 0) is 42.9 Å². The highest BCUT2D eigenvalue weighted by Gasteiger charge is 2.49. The number of hydrogen-bond donors (Lipinski definition) is 1. The zero-order valence-electron chi connectivity index (χ0n) is 11.3. The van der Waals surface area contributed by atoms with Crippen LogP contribution in [-0.4, -0.2) is 34.5 Å². The smallest absolute Gasteiger partial charge is 0.326 e. The standard InChI is InChI=1S/C15H15F2NO3/c16-9-4-5-12(17)11(6-9)14(19)18-7-8-2-1-3-10(8)13(18)15(20)21/h4-6,8,10,13H,1-3,7H2,(H,20,21). The molecule has 21 heavy (non-hydrogen) atoms. The van der Waals surface area contributed by atoms with Crippen LogP contribution in [0.3, 0.4) is 0 Å². The number of rotatable bonds is 2. The number of carboxylic acids is 1. The molecule has 1 saturated carbocycles. The van der Waals surface area contributed by atoms with E-state index < -0.39 is 35.1 Å². The molecule has 1 aromatic rings. The first-order chi connectivity index (χ1) is 9.99. The predicted molar refractivity (Wildman–Crippen MR) is 69.6 cm³/mol. The van der Waals surface area contributed by atoms with Crippen LogP contribution in [-0.2, 0) is 4.79 Å². The third kappa shape index (κ3) is 2.28. The predicted octanol–water partition coefficient (Wildman–Crippen LogP) is 2.29. The Morgan fingerprint density at radius 3 is 2.71 bits per heavy atom. The lowest BCUT2D eigenvalue weighted by Crippen LogP contribution is -2.43. The van der Waals surface area contributed by atoms with Crippen molar-refractivity contribution in [2.45, 2.75) is 25.3 Å². The summed E-state index contributed by atoms with van der Waals surface area (Å²) in [6, 6.07) is 1.70. The molecule has 4 nitrogen and oxygen atoms in total. The lowest BCUT2D eigenvalue weighted by atomic mass is 9.94. The Bertz CT molecular complexity index is 605. The lowest BCUT2D eigenvalue weighted by molar-refractivity contribution is -0.142. The quantitative estimate of drug-likeness (QED) is 0.910. The first-order valence-corrected chi connectivity index (χ1v) is 6.98. The zero-order chi connectivity index (χ0) is 15.1. The number of fused-ring (bicyclic) bond motifs is 1. The lowest BCUT2D eigenvalue weighted by Gasteiger charge is -2.24. The van der Waals surface area contributed by atoms with Crippen molar-refractivity contribution in [1.82, 2.24) is 4.90 Å². The number of carbonyl (C=O) groups excluding carboxylic acids is 1. The summed E-state index contributed by atoms with van der Waals surface area (Å²) in [5.74, 6) is -3.30. The number of hydrogen-bond acceptors (Lipinski definition) is 2. The molecule has 2 fully saturated rings. The first kappa shape index (κ1) is 14.0. The Hall–Kier alpha value is -1.98. The maximum Gasteiger partial charge on any atom is 0.326 e. The van der Waals surface area contributed by atoms with E-state index in [-0.39, 0.29) is 11.8 Å². The molecule has 0 bridgehead atoms. The van der Waals surface area contributed by atoms with Crippen molar-refractivity contribution in [2.75, 3.05) is 6.54 Å². The number of amides is 1. The Labute approximate surface area is 120 Å². The van der Waals surface area contributed by atoms with Gasteiger partial charge in [0.15, 0.2) is 0 Å². The molecule has 0 radical (unpaired) electrons. The fraction of sp³-hybridized carbons (Fsp3) is 0.467. The number of nitrogens with zero attached hydrogens (tertiary/aromatic N) is 1. The molecule has 112 valence electrons. The van der Waals surface area contributed by atoms with Crippen molar-refractivity contribution in [3.63, 3.8) is 0 Å². The van der Waals surface area contributed by atoms with Crippen LogP contribution in [0.5, 0.6) is 0 Å². The number of likely N-dealkylation sites (tertiary alicyclic amines) is 1. The molecule has 1 heterocycles. The van der Waals surface area contributed by atoms with E-state index in [2.05, 4.69) is 0 Å². The largest absolute Gasteiger partial charge is 0.480 e. The second-order valence-corrected chi connectivity index (χ2v) is 5.72. The van der Waals surface area contributed by atoms with Gasteiger partial charge in [-0.15, -0.1) is 0 Å². The van der Waals surface area contributed by atoms with Gasteiger partial charge in [-0.25, -0.2) is 13.6 Å². The molecule has 3 rings (SSSR count). The molecule has 1 aliphatic heterocycles. The Kier molecular flexibility index (Phi) is 3.39. The highest BCUT2D eigenvalue weighted by Crippen LogP contribution is 2.42. The van der Waals surface area contributed by atoms with Gasteiger partial charge in [0.1, 0.15) is 17.7 Å². The van der Waals surface area contributed by atoms with Crippen molar-refractivity contribution >= 4 is 11.9 Å². The summed E-state index contributed by atoms with van der Waals surface area (Å²) < 4.78 is 27.0. The molecule has 1 amide bonds. The van der Waals surface area contributed by atoms with Crippen LogP contribution >= 0.6 is 0 Å². The van der Waals surface area contributed by atoms with Crippen molar-refractivity contribution in [1.29, 1.82) is 0 Å². The second-order valence-electron chi connectivity index (χ2n) is 5.72. The fourth-order valence-corrected chi connectivity index (χ4v) is 3.65. The van der Waals surface area contributed by atoms with E-state index in [4.69, 9.17) is 0 Å². The van der Waals surface area contributed by atoms with Crippen molar-refractivity contribution < 1.29 is 23.5 Å². The van der Waals surface area contributed by atoms with Crippen molar-refractivity contribution in [3.8, 4) is 0 Å². The molecule has 2 aliphatic rings. The van der Waals surface area contributed by atoms with Crippen molar-refractivity contribution in [3.05, 3.63) is 35.4 Å². The van der Waals surface area contributed by atoms with Crippen LogP contribution in [0, 0.1) is 23.5 Å². The summed E-state index contributed by atoms with van der Waals surface area (Å²) in [7, 11) is 0. The maximum absolute atomic E-state index is 13.7. The van der Waals surface area contributed by atoms with Gasteiger partial charge in [-0.1, -0.05) is 6.42 Å². The van der Waals surface area contributed by atoms with Crippen LogP contribution in [0.25, 0.3) is 0 Å². The summed E-state index contributed by atoms with van der Waals surface area (Å²) in [4.78, 5) is 25.1. The van der Waals surface area contributed by atoms with Crippen LogP contribution in [0.1, 0.15) is 29.6 Å². The maximum atomic E-state index is 13.7. The molecule has 6 heteroatoms. The number of carbonyl (C=O) groups is 2. The van der Waals surface area contributed by atoms with Gasteiger partial charge >= 0.3 is 5.97 Å². The molecule has 1 aromatic carbocycles. The Morgan fingerprint density at radius 1 is 1.24 bits per heavy atom. The van der Waals surface area contributed by atoms with Gasteiger partial charge in [0, 0.05) is 6.54 Å². The topological polar surface area (TPSA) is 57.6 Å². The van der Waals surface area contributed by atoms with Gasteiger partial charge < -0.3 is 10.0 Å². The molecule has 0 aromatic heterocycles. The van der Waals surface area contributed by atoms with Gasteiger partial charge in [0.2, 0.25) is 0 Å². The molecule has 3 unspecified atom stereocenters. The molecule has 1 saturated heterocycles. The third-order valence-corrected chi connectivity index (χ3v) is 4.56. The summed E-state index contributed by atoms with van der Waals surface area (Å²) in [6.07, 6.45) is 2.59. The monoisotopic (exact) mass is 295 g/mol. The number of benzene rings is 1. The van der Waals surface area contributed by atoms with Gasteiger partial charge in [-0.3, -0.25) is 4.79 Å². The van der Waals surface area contributed by atoms with E-state index in [1.807, 2.05) is 0 Å². The fourth-order valence-electron chi connectivity index (χ4n) is 3.65. The minimum absolute atomic E-state index is 0.0805. The molecule has 1 N–H and O–H groups in total. The van der Waals surface area contributed by atoms with Crippen LogP contribution in [0.15, 0.2) is 18.2 Å². The number of halogens is 2. The first-order valence-electron chi connectivity index (χ1n) is 6.98. The van der Waals surface area contributed by atoms with E-state index in [1.165, 1.54) is 4.90 Å². The molecule has 0 spiro atoms. The normalized spacial score (nSPS) is 27.7. The summed E-state index contributed by atoms with van der Waals surface area (Å²) in [6.45, 7) is 0.302. The van der Waals surface area contributed by atoms with Crippen LogP contribution in [0.4, 0.5) is 8.78 Å². The van der Waals surface area contributed by atoms with Gasteiger partial charge in [0.05, 0.1) is 5.56 Å². The molecule has 1 aliphatic carbocycles. The highest BCUT2D eigenvalue weighted by atomic mass is 19.1. The number of carboxylic acid groups (broad SMARTS) is 1. The molecular weight excluding hydrogens is 280 g/mol.